The Morgan fingerprint density at radius 3 is 2.83 bits per heavy atom. The standard InChI is InChI=1S/C12H12N2O3S/c1-8(15)11-3-2-9(18-11)4-6-13-12(16)10-5-7-14-17-10/h2-3,5,7H,4,6H2,1H3,(H,13,16). The summed E-state index contributed by atoms with van der Waals surface area (Å²) in [5.41, 5.74) is 0. The predicted molar refractivity (Wildman–Crippen MR) is 66.9 cm³/mol. The Morgan fingerprint density at radius 1 is 1.39 bits per heavy atom. The van der Waals surface area contributed by atoms with Gasteiger partial charge in [-0.25, -0.2) is 0 Å². The summed E-state index contributed by atoms with van der Waals surface area (Å²) in [7, 11) is 0. The highest BCUT2D eigenvalue weighted by atomic mass is 32.1. The molecule has 0 aliphatic heterocycles. The van der Waals surface area contributed by atoms with Crippen LogP contribution in [0.25, 0.3) is 0 Å². The molecular weight excluding hydrogens is 252 g/mol. The highest BCUT2D eigenvalue weighted by Crippen LogP contribution is 2.17. The fraction of sp³-hybridized carbons (Fsp3) is 0.250. The maximum absolute atomic E-state index is 11.5. The van der Waals surface area contributed by atoms with E-state index in [9.17, 15) is 9.59 Å². The lowest BCUT2D eigenvalue weighted by molar-refractivity contribution is 0.0916. The summed E-state index contributed by atoms with van der Waals surface area (Å²) in [6.07, 6.45) is 2.12. The number of thiophene rings is 1. The van der Waals surface area contributed by atoms with Crippen molar-refractivity contribution in [3.8, 4) is 0 Å². The number of aromatic nitrogens is 1. The molecule has 5 nitrogen and oxygen atoms in total. The van der Waals surface area contributed by atoms with Gasteiger partial charge in [-0.2, -0.15) is 0 Å². The summed E-state index contributed by atoms with van der Waals surface area (Å²) >= 11 is 1.45. The molecule has 0 saturated carbocycles. The number of amides is 1. The van der Waals surface area contributed by atoms with Gasteiger partial charge in [0.15, 0.2) is 5.78 Å². The van der Waals surface area contributed by atoms with Crippen molar-refractivity contribution in [1.82, 2.24) is 10.5 Å². The van der Waals surface area contributed by atoms with Crippen LogP contribution in [0, 0.1) is 0 Å². The van der Waals surface area contributed by atoms with E-state index in [4.69, 9.17) is 4.52 Å². The highest BCUT2D eigenvalue weighted by molar-refractivity contribution is 7.14. The third-order valence-corrected chi connectivity index (χ3v) is 3.57. The molecule has 2 aromatic rings. The number of carbonyl (C=O) groups is 2. The van der Waals surface area contributed by atoms with Gasteiger partial charge in [0.1, 0.15) is 0 Å². The molecule has 0 unspecified atom stereocenters. The van der Waals surface area contributed by atoms with Crippen molar-refractivity contribution >= 4 is 23.0 Å². The normalized spacial score (nSPS) is 10.3. The first kappa shape index (κ1) is 12.5. The Balaban J connectivity index is 1.81. The van der Waals surface area contributed by atoms with E-state index in [0.717, 1.165) is 9.75 Å². The summed E-state index contributed by atoms with van der Waals surface area (Å²) < 4.78 is 4.73. The van der Waals surface area contributed by atoms with Crippen molar-refractivity contribution in [2.45, 2.75) is 13.3 Å². The van der Waals surface area contributed by atoms with E-state index in [1.54, 1.807) is 13.0 Å². The third-order valence-electron chi connectivity index (χ3n) is 2.33. The summed E-state index contributed by atoms with van der Waals surface area (Å²) in [6.45, 7) is 2.04. The second kappa shape index (κ2) is 5.59. The molecule has 0 saturated heterocycles. The van der Waals surface area contributed by atoms with E-state index >= 15 is 0 Å². The maximum atomic E-state index is 11.5. The van der Waals surface area contributed by atoms with Crippen LogP contribution in [-0.4, -0.2) is 23.4 Å². The zero-order valence-corrected chi connectivity index (χ0v) is 10.6. The van der Waals surface area contributed by atoms with E-state index in [-0.39, 0.29) is 17.5 Å². The van der Waals surface area contributed by atoms with E-state index in [2.05, 4.69) is 10.5 Å². The van der Waals surface area contributed by atoms with Gasteiger partial charge >= 0.3 is 0 Å². The first-order chi connectivity index (χ1) is 8.66. The number of carbonyl (C=O) groups excluding carboxylic acids is 2. The van der Waals surface area contributed by atoms with E-state index in [1.165, 1.54) is 23.6 Å². The highest BCUT2D eigenvalue weighted by Gasteiger charge is 2.09. The predicted octanol–water partition coefficient (Wildman–Crippen LogP) is 1.91. The molecule has 0 bridgehead atoms. The monoisotopic (exact) mass is 264 g/mol. The molecule has 94 valence electrons. The molecule has 18 heavy (non-hydrogen) atoms. The number of rotatable bonds is 5. The zero-order valence-electron chi connectivity index (χ0n) is 9.80. The van der Waals surface area contributed by atoms with Crippen LogP contribution >= 0.6 is 11.3 Å². The molecule has 0 fully saturated rings. The first-order valence-corrected chi connectivity index (χ1v) is 6.27. The molecule has 0 aromatic carbocycles. The van der Waals surface area contributed by atoms with Crippen LogP contribution in [0.4, 0.5) is 0 Å². The van der Waals surface area contributed by atoms with Gasteiger partial charge in [-0.15, -0.1) is 11.3 Å². The molecule has 6 heteroatoms. The number of Topliss-reactive ketones (excluding diaryl/α,β-unsaturated/α-hetero) is 1. The van der Waals surface area contributed by atoms with Crippen LogP contribution in [0.15, 0.2) is 28.9 Å². The molecule has 0 spiro atoms. The summed E-state index contributed by atoms with van der Waals surface area (Å²) in [4.78, 5) is 24.4. The van der Waals surface area contributed by atoms with E-state index in [0.29, 0.717) is 13.0 Å². The maximum Gasteiger partial charge on any atom is 0.289 e. The molecule has 2 aromatic heterocycles. The topological polar surface area (TPSA) is 72.2 Å². The van der Waals surface area contributed by atoms with Crippen LogP contribution in [0.2, 0.25) is 0 Å². The Bertz CT molecular complexity index is 545. The molecule has 0 radical (unpaired) electrons. The second-order valence-electron chi connectivity index (χ2n) is 3.70. The quantitative estimate of drug-likeness (QED) is 0.837. The average molecular weight is 264 g/mol. The number of hydrogen-bond donors (Lipinski definition) is 1. The van der Waals surface area contributed by atoms with Crippen LogP contribution in [0.1, 0.15) is 32.0 Å². The van der Waals surface area contributed by atoms with Crippen molar-refractivity contribution in [1.29, 1.82) is 0 Å². The SMILES string of the molecule is CC(=O)c1ccc(CCNC(=O)c2ccno2)s1. The lowest BCUT2D eigenvalue weighted by Gasteiger charge is -2.00. The fourth-order valence-corrected chi connectivity index (χ4v) is 2.32. The van der Waals surface area contributed by atoms with E-state index in [1.807, 2.05) is 6.07 Å². The number of ketones is 1. The molecule has 0 aliphatic carbocycles. The first-order valence-electron chi connectivity index (χ1n) is 5.45. The Hall–Kier alpha value is -1.95. The molecule has 0 atom stereocenters. The average Bonchev–Trinajstić information content (AvgIpc) is 3.00. The largest absolute Gasteiger partial charge is 0.351 e. The van der Waals surface area contributed by atoms with Gasteiger partial charge in [0.25, 0.3) is 5.91 Å². The minimum Gasteiger partial charge on any atom is -0.351 e. The van der Waals surface area contributed by atoms with Crippen molar-refractivity contribution < 1.29 is 14.1 Å². The lowest BCUT2D eigenvalue weighted by Crippen LogP contribution is -2.25. The van der Waals surface area contributed by atoms with Gasteiger partial charge in [-0.05, 0) is 25.5 Å². The lowest BCUT2D eigenvalue weighted by atomic mass is 10.3. The number of nitrogens with zero attached hydrogens (tertiary/aromatic N) is 1. The summed E-state index contributed by atoms with van der Waals surface area (Å²) in [6, 6.07) is 5.22. The number of nitrogens with one attached hydrogen (secondary N) is 1. The molecule has 2 heterocycles. The zero-order chi connectivity index (χ0) is 13.0. The fourth-order valence-electron chi connectivity index (χ4n) is 1.42. The van der Waals surface area contributed by atoms with Gasteiger partial charge in [0.2, 0.25) is 5.76 Å². The molecule has 1 N–H and O–H groups in total. The van der Waals surface area contributed by atoms with Gasteiger partial charge in [0.05, 0.1) is 11.1 Å². The van der Waals surface area contributed by atoms with Gasteiger partial charge < -0.3 is 9.84 Å². The molecule has 0 aliphatic rings. The second-order valence-corrected chi connectivity index (χ2v) is 4.87. The Kier molecular flexibility index (Phi) is 3.88. The minimum atomic E-state index is -0.282. The van der Waals surface area contributed by atoms with Crippen LogP contribution < -0.4 is 5.32 Å². The molecular formula is C12H12N2O3S. The van der Waals surface area contributed by atoms with E-state index < -0.39 is 0 Å². The summed E-state index contributed by atoms with van der Waals surface area (Å²) in [5.74, 6) is -0.0154. The van der Waals surface area contributed by atoms with Gasteiger partial charge in [-0.1, -0.05) is 5.16 Å². The van der Waals surface area contributed by atoms with Gasteiger partial charge in [0, 0.05) is 17.5 Å². The Morgan fingerprint density at radius 2 is 2.22 bits per heavy atom. The van der Waals surface area contributed by atoms with Crippen molar-refractivity contribution in [2.75, 3.05) is 6.54 Å². The Labute approximate surface area is 108 Å². The minimum absolute atomic E-state index is 0.0666. The van der Waals surface area contributed by atoms with Crippen LogP contribution in [0.3, 0.4) is 0 Å². The van der Waals surface area contributed by atoms with Gasteiger partial charge in [-0.3, -0.25) is 9.59 Å². The van der Waals surface area contributed by atoms with Crippen molar-refractivity contribution in [3.63, 3.8) is 0 Å². The van der Waals surface area contributed by atoms with Crippen LogP contribution in [0.5, 0.6) is 0 Å². The van der Waals surface area contributed by atoms with Crippen LogP contribution in [-0.2, 0) is 6.42 Å². The molecule has 1 amide bonds. The van der Waals surface area contributed by atoms with Crippen molar-refractivity contribution in [3.05, 3.63) is 39.9 Å². The summed E-state index contributed by atoms with van der Waals surface area (Å²) in [5, 5.41) is 6.18. The third kappa shape index (κ3) is 3.04. The molecule has 2 rings (SSSR count). The van der Waals surface area contributed by atoms with Crippen molar-refractivity contribution in [2.24, 2.45) is 0 Å². The number of hydrogen-bond acceptors (Lipinski definition) is 5. The smallest absolute Gasteiger partial charge is 0.289 e.